The van der Waals surface area contributed by atoms with Crippen molar-refractivity contribution in [1.82, 2.24) is 9.55 Å². The van der Waals surface area contributed by atoms with Gasteiger partial charge in [-0.15, -0.1) is 0 Å². The highest BCUT2D eigenvalue weighted by Crippen LogP contribution is 2.33. The number of ether oxygens (including phenoxy) is 1. The van der Waals surface area contributed by atoms with Crippen molar-refractivity contribution < 1.29 is 19.0 Å². The number of aromatic nitrogens is 2. The Kier molecular flexibility index (Phi) is 5.30. The van der Waals surface area contributed by atoms with Gasteiger partial charge in [0.15, 0.2) is 0 Å². The molecule has 0 amide bonds. The van der Waals surface area contributed by atoms with Gasteiger partial charge < -0.3 is 14.4 Å². The summed E-state index contributed by atoms with van der Waals surface area (Å²) in [5.41, 5.74) is 4.27. The Morgan fingerprint density at radius 2 is 1.83 bits per heavy atom. The van der Waals surface area contributed by atoms with E-state index in [2.05, 4.69) is 4.98 Å². The van der Waals surface area contributed by atoms with Crippen LogP contribution in [0.15, 0.2) is 79.1 Å². The van der Waals surface area contributed by atoms with Crippen molar-refractivity contribution in [3.63, 3.8) is 0 Å². The summed E-state index contributed by atoms with van der Waals surface area (Å²) in [5, 5.41) is 9.31. The minimum absolute atomic E-state index is 0.118. The number of carboxylic acids is 1. The number of para-hydroxylation sites is 1. The van der Waals surface area contributed by atoms with E-state index in [0.717, 1.165) is 22.5 Å². The number of benzene rings is 2. The first-order valence-electron chi connectivity index (χ1n) is 9.36. The van der Waals surface area contributed by atoms with Crippen LogP contribution in [0.25, 0.3) is 16.9 Å². The number of hydrogen-bond donors (Lipinski definition) is 1. The Balaban J connectivity index is 1.71. The average Bonchev–Trinajstić information content (AvgIpc) is 3.15. The molecule has 30 heavy (non-hydrogen) atoms. The van der Waals surface area contributed by atoms with Crippen LogP contribution in [0.5, 0.6) is 5.75 Å². The molecule has 0 aliphatic rings. The number of aromatic carboxylic acids is 1. The van der Waals surface area contributed by atoms with Gasteiger partial charge in [0.2, 0.25) is 0 Å². The predicted octanol–water partition coefficient (Wildman–Crippen LogP) is 5.26. The Morgan fingerprint density at radius 3 is 2.60 bits per heavy atom. The molecule has 0 atom stereocenters. The lowest BCUT2D eigenvalue weighted by Crippen LogP contribution is -2.04. The molecule has 2 aromatic heterocycles. The molecule has 6 heteroatoms. The zero-order valence-corrected chi connectivity index (χ0v) is 16.2. The van der Waals surface area contributed by atoms with Gasteiger partial charge in [-0.2, -0.15) is 0 Å². The van der Waals surface area contributed by atoms with E-state index in [1.54, 1.807) is 24.4 Å². The van der Waals surface area contributed by atoms with Crippen molar-refractivity contribution in [2.24, 2.45) is 0 Å². The van der Waals surface area contributed by atoms with Gasteiger partial charge >= 0.3 is 5.97 Å². The number of aryl methyl sites for hydroxylation is 1. The number of carbonyl (C=O) groups is 1. The number of rotatable bonds is 6. The molecule has 2 heterocycles. The van der Waals surface area contributed by atoms with Crippen LogP contribution in [0.2, 0.25) is 0 Å². The summed E-state index contributed by atoms with van der Waals surface area (Å²) in [7, 11) is 0. The van der Waals surface area contributed by atoms with E-state index in [4.69, 9.17) is 4.74 Å². The van der Waals surface area contributed by atoms with Crippen LogP contribution in [0, 0.1) is 12.7 Å². The average molecular weight is 402 g/mol. The van der Waals surface area contributed by atoms with E-state index in [9.17, 15) is 14.3 Å². The summed E-state index contributed by atoms with van der Waals surface area (Å²) < 4.78 is 21.1. The maximum atomic E-state index is 13.1. The topological polar surface area (TPSA) is 64.4 Å². The quantitative estimate of drug-likeness (QED) is 0.478. The van der Waals surface area contributed by atoms with Crippen LogP contribution in [-0.2, 0) is 6.61 Å². The van der Waals surface area contributed by atoms with E-state index in [1.165, 1.54) is 18.3 Å². The van der Waals surface area contributed by atoms with E-state index in [-0.39, 0.29) is 11.4 Å². The summed E-state index contributed by atoms with van der Waals surface area (Å²) in [5.74, 6) is -0.646. The van der Waals surface area contributed by atoms with Gasteiger partial charge in [-0.1, -0.05) is 24.3 Å². The van der Waals surface area contributed by atoms with Crippen LogP contribution in [0.1, 0.15) is 21.6 Å². The Bertz CT molecular complexity index is 1200. The SMILES string of the molecule is Cc1ccc(-c2ccccc2OCc2ccc(F)cc2)n1-c1cncc(C(=O)O)c1. The molecule has 1 N–H and O–H groups in total. The second-order valence-electron chi connectivity index (χ2n) is 6.84. The first-order valence-corrected chi connectivity index (χ1v) is 9.36. The van der Waals surface area contributed by atoms with Gasteiger partial charge in [0, 0.05) is 17.5 Å². The standard InChI is InChI=1S/C24H19FN2O3/c1-16-6-11-22(27(16)20-12-18(24(28)29)13-26-14-20)21-4-2-3-5-23(21)30-15-17-7-9-19(25)10-8-17/h2-14H,15H2,1H3,(H,28,29). The lowest BCUT2D eigenvalue weighted by atomic mass is 10.1. The van der Waals surface area contributed by atoms with Gasteiger partial charge in [-0.05, 0) is 55.0 Å². The van der Waals surface area contributed by atoms with Crippen molar-refractivity contribution >= 4 is 5.97 Å². The Morgan fingerprint density at radius 1 is 1.07 bits per heavy atom. The molecule has 0 fully saturated rings. The molecule has 0 saturated carbocycles. The van der Waals surface area contributed by atoms with Gasteiger partial charge in [0.25, 0.3) is 0 Å². The largest absolute Gasteiger partial charge is 0.488 e. The maximum Gasteiger partial charge on any atom is 0.337 e. The van der Waals surface area contributed by atoms with E-state index < -0.39 is 5.97 Å². The molecule has 4 rings (SSSR count). The molecular formula is C24H19FN2O3. The van der Waals surface area contributed by atoms with Crippen molar-refractivity contribution in [2.75, 3.05) is 0 Å². The monoisotopic (exact) mass is 402 g/mol. The van der Waals surface area contributed by atoms with Gasteiger partial charge in [0.1, 0.15) is 18.2 Å². The predicted molar refractivity (Wildman–Crippen MR) is 111 cm³/mol. The molecular weight excluding hydrogens is 383 g/mol. The molecule has 4 aromatic rings. The van der Waals surface area contributed by atoms with Crippen molar-refractivity contribution in [3.8, 4) is 22.7 Å². The highest BCUT2D eigenvalue weighted by atomic mass is 19.1. The first-order chi connectivity index (χ1) is 14.5. The van der Waals surface area contributed by atoms with E-state index in [0.29, 0.717) is 18.0 Å². The highest BCUT2D eigenvalue weighted by molar-refractivity contribution is 5.88. The minimum atomic E-state index is -1.03. The second-order valence-corrected chi connectivity index (χ2v) is 6.84. The number of halogens is 1. The summed E-state index contributed by atoms with van der Waals surface area (Å²) >= 11 is 0. The summed E-state index contributed by atoms with van der Waals surface area (Å²) in [6, 6.07) is 19.3. The lowest BCUT2D eigenvalue weighted by Gasteiger charge is -2.16. The smallest absolute Gasteiger partial charge is 0.337 e. The third-order valence-corrected chi connectivity index (χ3v) is 4.78. The Hall–Kier alpha value is -3.93. The molecule has 0 bridgehead atoms. The first kappa shape index (κ1) is 19.4. The van der Waals surface area contributed by atoms with Gasteiger partial charge in [-0.25, -0.2) is 9.18 Å². The van der Waals surface area contributed by atoms with Crippen LogP contribution >= 0.6 is 0 Å². The molecule has 5 nitrogen and oxygen atoms in total. The molecule has 2 aromatic carbocycles. The second kappa shape index (κ2) is 8.21. The fraction of sp³-hybridized carbons (Fsp3) is 0.0833. The highest BCUT2D eigenvalue weighted by Gasteiger charge is 2.15. The zero-order valence-electron chi connectivity index (χ0n) is 16.2. The molecule has 0 aliphatic heterocycles. The van der Waals surface area contributed by atoms with Gasteiger partial charge in [0.05, 0.1) is 23.1 Å². The third kappa shape index (κ3) is 3.93. The summed E-state index contributed by atoms with van der Waals surface area (Å²) in [4.78, 5) is 15.4. The summed E-state index contributed by atoms with van der Waals surface area (Å²) in [6.07, 6.45) is 2.95. The fourth-order valence-corrected chi connectivity index (χ4v) is 3.30. The van der Waals surface area contributed by atoms with E-state index >= 15 is 0 Å². The van der Waals surface area contributed by atoms with Crippen molar-refractivity contribution in [3.05, 3.63) is 102 Å². The van der Waals surface area contributed by atoms with Gasteiger partial charge in [-0.3, -0.25) is 4.98 Å². The molecule has 0 radical (unpaired) electrons. The number of carboxylic acid groups (broad SMARTS) is 1. The van der Waals surface area contributed by atoms with E-state index in [1.807, 2.05) is 47.9 Å². The van der Waals surface area contributed by atoms with Crippen LogP contribution < -0.4 is 4.74 Å². The lowest BCUT2D eigenvalue weighted by molar-refractivity contribution is 0.0696. The normalized spacial score (nSPS) is 10.7. The zero-order chi connectivity index (χ0) is 21.1. The van der Waals surface area contributed by atoms with Crippen molar-refractivity contribution in [2.45, 2.75) is 13.5 Å². The molecule has 0 aliphatic carbocycles. The molecule has 0 saturated heterocycles. The summed E-state index contributed by atoms with van der Waals surface area (Å²) in [6.45, 7) is 2.24. The fourth-order valence-electron chi connectivity index (χ4n) is 3.30. The molecule has 0 unspecified atom stereocenters. The van der Waals surface area contributed by atoms with Crippen LogP contribution in [-0.4, -0.2) is 20.6 Å². The van der Waals surface area contributed by atoms with Crippen molar-refractivity contribution in [1.29, 1.82) is 0 Å². The minimum Gasteiger partial charge on any atom is -0.488 e. The maximum absolute atomic E-state index is 13.1. The number of nitrogens with zero attached hydrogens (tertiary/aromatic N) is 2. The van der Waals surface area contributed by atoms with Crippen LogP contribution in [0.4, 0.5) is 4.39 Å². The van der Waals surface area contributed by atoms with Crippen LogP contribution in [0.3, 0.4) is 0 Å². The molecule has 150 valence electrons. The third-order valence-electron chi connectivity index (χ3n) is 4.78. The Labute approximate surface area is 173 Å². The molecule has 0 spiro atoms. The number of hydrogen-bond acceptors (Lipinski definition) is 3. The number of pyridine rings is 1.